The maximum Gasteiger partial charge on any atom is -0.0100 e. The first kappa shape index (κ1) is 18.0. The molecule has 0 fully saturated rings. The van der Waals surface area contributed by atoms with Crippen LogP contribution in [0.15, 0.2) is 42.5 Å². The van der Waals surface area contributed by atoms with E-state index in [9.17, 15) is 0 Å². The van der Waals surface area contributed by atoms with Gasteiger partial charge in [0.15, 0.2) is 0 Å². The van der Waals surface area contributed by atoms with E-state index in [0.717, 1.165) is 6.42 Å². The minimum atomic E-state index is 0.268. The van der Waals surface area contributed by atoms with Crippen molar-refractivity contribution in [3.63, 3.8) is 0 Å². The summed E-state index contributed by atoms with van der Waals surface area (Å²) in [6.45, 7) is 14.0. The van der Waals surface area contributed by atoms with Gasteiger partial charge in [0, 0.05) is 0 Å². The van der Waals surface area contributed by atoms with Gasteiger partial charge in [0.25, 0.3) is 0 Å². The Labute approximate surface area is 154 Å². The summed E-state index contributed by atoms with van der Waals surface area (Å²) in [5.41, 5.74) is 9.00. The van der Waals surface area contributed by atoms with E-state index in [2.05, 4.69) is 90.1 Å². The summed E-state index contributed by atoms with van der Waals surface area (Å²) in [5.74, 6) is 0. The zero-order valence-electron chi connectivity index (χ0n) is 16.7. The van der Waals surface area contributed by atoms with Gasteiger partial charge < -0.3 is 0 Å². The molecule has 1 aliphatic carbocycles. The SMILES string of the molecule is CCc1ccc(/C=C(\C)c2ccc3c(c2)C(C)(C)CCC3(C)C)cc1. The van der Waals surface area contributed by atoms with Crippen molar-refractivity contribution in [2.24, 2.45) is 0 Å². The molecule has 0 saturated heterocycles. The lowest BCUT2D eigenvalue weighted by atomic mass is 9.63. The largest absolute Gasteiger partial charge is 0.0613 e. The molecule has 0 unspecified atom stereocenters. The molecule has 0 N–H and O–H groups in total. The number of benzene rings is 2. The molecular formula is C25H32. The highest BCUT2D eigenvalue weighted by Gasteiger charge is 2.36. The Kier molecular flexibility index (Phi) is 4.66. The van der Waals surface area contributed by atoms with Gasteiger partial charge in [0.2, 0.25) is 0 Å². The van der Waals surface area contributed by atoms with Crippen molar-refractivity contribution in [1.29, 1.82) is 0 Å². The van der Waals surface area contributed by atoms with E-state index in [1.807, 2.05) is 0 Å². The van der Waals surface area contributed by atoms with Gasteiger partial charge in [-0.05, 0) is 70.4 Å². The summed E-state index contributed by atoms with van der Waals surface area (Å²) in [6, 6.07) is 16.1. The van der Waals surface area contributed by atoms with Crippen molar-refractivity contribution in [3.05, 3.63) is 70.3 Å². The summed E-state index contributed by atoms with van der Waals surface area (Å²) in [6.07, 6.45) is 5.93. The van der Waals surface area contributed by atoms with Crippen LogP contribution in [-0.2, 0) is 17.3 Å². The molecule has 0 saturated carbocycles. The molecule has 0 aliphatic heterocycles. The van der Waals surface area contributed by atoms with Crippen LogP contribution in [0.2, 0.25) is 0 Å². The van der Waals surface area contributed by atoms with E-state index in [-0.39, 0.29) is 10.8 Å². The van der Waals surface area contributed by atoms with Gasteiger partial charge in [0.05, 0.1) is 0 Å². The Hall–Kier alpha value is -1.82. The zero-order valence-corrected chi connectivity index (χ0v) is 16.7. The van der Waals surface area contributed by atoms with Gasteiger partial charge >= 0.3 is 0 Å². The summed E-state index contributed by atoms with van der Waals surface area (Å²) < 4.78 is 0. The number of rotatable bonds is 3. The minimum Gasteiger partial charge on any atom is -0.0613 e. The Bertz CT molecular complexity index is 785. The van der Waals surface area contributed by atoms with Crippen LogP contribution in [0.5, 0.6) is 0 Å². The Morgan fingerprint density at radius 3 is 2.08 bits per heavy atom. The maximum atomic E-state index is 2.45. The molecule has 1 aliphatic rings. The number of fused-ring (bicyclic) bond motifs is 1. The van der Waals surface area contributed by atoms with Crippen molar-refractivity contribution in [3.8, 4) is 0 Å². The second kappa shape index (κ2) is 6.48. The monoisotopic (exact) mass is 332 g/mol. The van der Waals surface area contributed by atoms with Crippen LogP contribution in [-0.4, -0.2) is 0 Å². The summed E-state index contributed by atoms with van der Waals surface area (Å²) >= 11 is 0. The smallest absolute Gasteiger partial charge is 0.0100 e. The van der Waals surface area contributed by atoms with Gasteiger partial charge in [0.1, 0.15) is 0 Å². The molecule has 0 amide bonds. The van der Waals surface area contributed by atoms with Crippen molar-refractivity contribution in [2.75, 3.05) is 0 Å². The predicted molar refractivity (Wildman–Crippen MR) is 111 cm³/mol. The molecule has 0 radical (unpaired) electrons. The molecule has 0 heterocycles. The minimum absolute atomic E-state index is 0.268. The van der Waals surface area contributed by atoms with Crippen LogP contribution in [0.3, 0.4) is 0 Å². The van der Waals surface area contributed by atoms with Crippen molar-refractivity contribution in [2.45, 2.75) is 71.6 Å². The fraction of sp³-hybridized carbons (Fsp3) is 0.440. The molecule has 2 aromatic carbocycles. The molecule has 0 heteroatoms. The second-order valence-electron chi connectivity index (χ2n) is 8.95. The van der Waals surface area contributed by atoms with Gasteiger partial charge in [-0.25, -0.2) is 0 Å². The lowest BCUT2D eigenvalue weighted by molar-refractivity contribution is 0.332. The lowest BCUT2D eigenvalue weighted by Crippen LogP contribution is -2.33. The standard InChI is InChI=1S/C25H32/c1-7-19-8-10-20(11-9-19)16-18(2)21-12-13-22-23(17-21)25(5,6)15-14-24(22,3)4/h8-13,16-17H,7,14-15H2,1-6H3/b18-16+. The molecule has 25 heavy (non-hydrogen) atoms. The molecule has 2 aromatic rings. The van der Waals surface area contributed by atoms with Crippen molar-refractivity contribution >= 4 is 11.6 Å². The third-order valence-corrected chi connectivity index (χ3v) is 6.08. The molecule has 0 atom stereocenters. The molecule has 132 valence electrons. The van der Waals surface area contributed by atoms with Crippen LogP contribution in [0.4, 0.5) is 0 Å². The van der Waals surface area contributed by atoms with Crippen LogP contribution >= 0.6 is 0 Å². The number of hydrogen-bond donors (Lipinski definition) is 0. The number of hydrogen-bond acceptors (Lipinski definition) is 0. The second-order valence-corrected chi connectivity index (χ2v) is 8.95. The van der Waals surface area contributed by atoms with E-state index in [1.165, 1.54) is 46.2 Å². The van der Waals surface area contributed by atoms with Crippen LogP contribution in [0.25, 0.3) is 11.6 Å². The molecule has 0 aromatic heterocycles. The highest BCUT2D eigenvalue weighted by molar-refractivity contribution is 5.80. The Morgan fingerprint density at radius 1 is 0.880 bits per heavy atom. The van der Waals surface area contributed by atoms with E-state index >= 15 is 0 Å². The van der Waals surface area contributed by atoms with E-state index in [1.54, 1.807) is 0 Å². The van der Waals surface area contributed by atoms with Gasteiger partial charge in [-0.15, -0.1) is 0 Å². The molecule has 3 rings (SSSR count). The van der Waals surface area contributed by atoms with Crippen molar-refractivity contribution < 1.29 is 0 Å². The van der Waals surface area contributed by atoms with Crippen molar-refractivity contribution in [1.82, 2.24) is 0 Å². The summed E-state index contributed by atoms with van der Waals surface area (Å²) in [7, 11) is 0. The number of allylic oxidation sites excluding steroid dienone is 1. The first-order chi connectivity index (χ1) is 11.7. The third kappa shape index (κ3) is 3.59. The lowest BCUT2D eigenvalue weighted by Gasteiger charge is -2.42. The molecule has 0 nitrogen and oxygen atoms in total. The highest BCUT2D eigenvalue weighted by atomic mass is 14.4. The summed E-state index contributed by atoms with van der Waals surface area (Å²) in [5, 5.41) is 0. The normalized spacial score (nSPS) is 18.7. The van der Waals surface area contributed by atoms with Gasteiger partial charge in [-0.3, -0.25) is 0 Å². The predicted octanol–water partition coefficient (Wildman–Crippen LogP) is 7.16. The first-order valence-electron chi connectivity index (χ1n) is 9.65. The maximum absolute atomic E-state index is 2.45. The van der Waals surface area contributed by atoms with Crippen LogP contribution < -0.4 is 0 Å². The third-order valence-electron chi connectivity index (χ3n) is 6.08. The van der Waals surface area contributed by atoms with Crippen LogP contribution in [0.1, 0.15) is 82.2 Å². The Balaban J connectivity index is 1.99. The quantitative estimate of drug-likeness (QED) is 0.523. The van der Waals surface area contributed by atoms with Gasteiger partial charge in [-0.2, -0.15) is 0 Å². The fourth-order valence-electron chi connectivity index (χ4n) is 4.02. The van der Waals surface area contributed by atoms with Gasteiger partial charge in [-0.1, -0.05) is 83.2 Å². The topological polar surface area (TPSA) is 0 Å². The Morgan fingerprint density at radius 2 is 1.48 bits per heavy atom. The highest BCUT2D eigenvalue weighted by Crippen LogP contribution is 2.46. The number of aryl methyl sites for hydroxylation is 1. The first-order valence-corrected chi connectivity index (χ1v) is 9.65. The zero-order chi connectivity index (χ0) is 18.2. The average molecular weight is 333 g/mol. The van der Waals surface area contributed by atoms with E-state index in [0.29, 0.717) is 0 Å². The molecular weight excluding hydrogens is 300 g/mol. The van der Waals surface area contributed by atoms with E-state index < -0.39 is 0 Å². The van der Waals surface area contributed by atoms with Crippen LogP contribution in [0, 0.1) is 0 Å². The van der Waals surface area contributed by atoms with E-state index in [4.69, 9.17) is 0 Å². The average Bonchev–Trinajstić information content (AvgIpc) is 2.59. The molecule has 0 spiro atoms. The fourth-order valence-corrected chi connectivity index (χ4v) is 4.02. The summed E-state index contributed by atoms with van der Waals surface area (Å²) in [4.78, 5) is 0. The molecule has 0 bridgehead atoms.